The van der Waals surface area contributed by atoms with Crippen molar-refractivity contribution in [3.63, 3.8) is 0 Å². The third-order valence-corrected chi connectivity index (χ3v) is 6.20. The number of fused-ring (bicyclic) bond motifs is 1. The quantitative estimate of drug-likeness (QED) is 0.663. The first-order valence-electron chi connectivity index (χ1n) is 10.4. The molecule has 0 bridgehead atoms. The van der Waals surface area contributed by atoms with Gasteiger partial charge in [-0.2, -0.15) is 4.98 Å². The van der Waals surface area contributed by atoms with Crippen LogP contribution in [-0.4, -0.2) is 45.6 Å². The lowest BCUT2D eigenvalue weighted by Gasteiger charge is -2.32. The van der Waals surface area contributed by atoms with Gasteiger partial charge in [0.05, 0.1) is 0 Å². The molecule has 7 nitrogen and oxygen atoms in total. The molecule has 1 amide bonds. The van der Waals surface area contributed by atoms with Crippen LogP contribution < -0.4 is 4.74 Å². The Hall–Kier alpha value is -3.22. The summed E-state index contributed by atoms with van der Waals surface area (Å²) in [5.74, 6) is 2.08. The number of amides is 1. The molecular weight excluding hydrogens is 380 g/mol. The van der Waals surface area contributed by atoms with Crippen molar-refractivity contribution in [2.75, 3.05) is 19.7 Å². The molecule has 1 fully saturated rings. The fourth-order valence-electron chi connectivity index (χ4n) is 4.24. The van der Waals surface area contributed by atoms with Gasteiger partial charge < -0.3 is 14.2 Å². The van der Waals surface area contributed by atoms with E-state index in [0.29, 0.717) is 37.1 Å². The molecule has 5 rings (SSSR count). The minimum absolute atomic E-state index is 0.148. The van der Waals surface area contributed by atoms with Crippen LogP contribution in [0.5, 0.6) is 5.75 Å². The van der Waals surface area contributed by atoms with E-state index in [1.807, 2.05) is 29.2 Å². The van der Waals surface area contributed by atoms with Gasteiger partial charge in [-0.3, -0.25) is 9.78 Å². The Bertz CT molecular complexity index is 1070. The van der Waals surface area contributed by atoms with Crippen molar-refractivity contribution in [1.82, 2.24) is 20.0 Å². The largest absolute Gasteiger partial charge is 0.492 e. The van der Waals surface area contributed by atoms with E-state index in [1.54, 1.807) is 6.20 Å². The van der Waals surface area contributed by atoms with E-state index < -0.39 is 0 Å². The summed E-state index contributed by atoms with van der Waals surface area (Å²) in [5, 5.41) is 4.07. The molecule has 30 heavy (non-hydrogen) atoms. The van der Waals surface area contributed by atoms with Crippen molar-refractivity contribution in [2.45, 2.75) is 38.5 Å². The van der Waals surface area contributed by atoms with Crippen LogP contribution in [0.2, 0.25) is 0 Å². The molecule has 1 atom stereocenters. The van der Waals surface area contributed by atoms with Crippen LogP contribution in [0.15, 0.2) is 41.1 Å². The minimum atomic E-state index is -0.213. The lowest BCUT2D eigenvalue weighted by Crippen LogP contribution is -2.41. The zero-order chi connectivity index (χ0) is 20.7. The third kappa shape index (κ3) is 3.34. The average Bonchev–Trinajstić information content (AvgIpc) is 3.42. The Morgan fingerprint density at radius 3 is 2.70 bits per heavy atom. The van der Waals surface area contributed by atoms with E-state index >= 15 is 0 Å². The van der Waals surface area contributed by atoms with Gasteiger partial charge in [-0.25, -0.2) is 0 Å². The summed E-state index contributed by atoms with van der Waals surface area (Å²) >= 11 is 0. The Labute approximate surface area is 175 Å². The summed E-state index contributed by atoms with van der Waals surface area (Å²) < 4.78 is 11.3. The van der Waals surface area contributed by atoms with Gasteiger partial charge in [0.2, 0.25) is 17.6 Å². The number of hydrogen-bond acceptors (Lipinski definition) is 6. The fourth-order valence-corrected chi connectivity index (χ4v) is 4.24. The Morgan fingerprint density at radius 1 is 1.13 bits per heavy atom. The van der Waals surface area contributed by atoms with Gasteiger partial charge in [0.15, 0.2) is 0 Å². The van der Waals surface area contributed by atoms with Crippen molar-refractivity contribution >= 4 is 5.91 Å². The van der Waals surface area contributed by atoms with Crippen molar-refractivity contribution in [2.24, 2.45) is 0 Å². The standard InChI is InChI=1S/C23H24N4O3/c1-14-11-17-18(13-29-20(17)12-15(14)2)23(28)27-9-6-16(7-10-27)22-25-21(26-30-22)19-5-3-4-8-24-19/h3-5,8,11-12,16,18H,6-7,9-10,13H2,1-2H3. The summed E-state index contributed by atoms with van der Waals surface area (Å²) in [5.41, 5.74) is 4.09. The summed E-state index contributed by atoms with van der Waals surface area (Å²) in [6.45, 7) is 5.93. The van der Waals surface area contributed by atoms with Crippen LogP contribution in [0, 0.1) is 13.8 Å². The highest BCUT2D eigenvalue weighted by Crippen LogP contribution is 2.38. The predicted molar refractivity (Wildman–Crippen MR) is 110 cm³/mol. The van der Waals surface area contributed by atoms with Gasteiger partial charge >= 0.3 is 0 Å². The van der Waals surface area contributed by atoms with Gasteiger partial charge in [-0.15, -0.1) is 0 Å². The van der Waals surface area contributed by atoms with E-state index in [1.165, 1.54) is 11.1 Å². The molecule has 4 heterocycles. The van der Waals surface area contributed by atoms with E-state index in [0.717, 1.165) is 24.2 Å². The van der Waals surface area contributed by atoms with E-state index in [4.69, 9.17) is 9.26 Å². The van der Waals surface area contributed by atoms with Crippen molar-refractivity contribution in [3.05, 3.63) is 59.1 Å². The number of nitrogens with zero attached hydrogens (tertiary/aromatic N) is 4. The number of carbonyl (C=O) groups is 1. The first-order valence-corrected chi connectivity index (χ1v) is 10.4. The van der Waals surface area contributed by atoms with Gasteiger partial charge in [-0.05, 0) is 56.0 Å². The number of ether oxygens (including phenoxy) is 1. The third-order valence-electron chi connectivity index (χ3n) is 6.20. The second kappa shape index (κ2) is 7.55. The Morgan fingerprint density at radius 2 is 1.93 bits per heavy atom. The number of likely N-dealkylation sites (tertiary alicyclic amines) is 1. The molecular formula is C23H24N4O3. The lowest BCUT2D eigenvalue weighted by molar-refractivity contribution is -0.134. The van der Waals surface area contributed by atoms with Crippen LogP contribution in [0.4, 0.5) is 0 Å². The predicted octanol–water partition coefficient (Wildman–Crippen LogP) is 3.63. The number of benzene rings is 1. The maximum Gasteiger partial charge on any atom is 0.233 e. The van der Waals surface area contributed by atoms with Gasteiger partial charge in [-0.1, -0.05) is 17.3 Å². The van der Waals surface area contributed by atoms with Crippen LogP contribution >= 0.6 is 0 Å². The highest BCUT2D eigenvalue weighted by molar-refractivity contribution is 5.86. The molecule has 3 aromatic rings. The van der Waals surface area contributed by atoms with E-state index in [-0.39, 0.29) is 17.7 Å². The second-order valence-corrected chi connectivity index (χ2v) is 8.11. The highest BCUT2D eigenvalue weighted by atomic mass is 16.5. The van der Waals surface area contributed by atoms with Gasteiger partial charge in [0.25, 0.3) is 0 Å². The molecule has 2 aromatic heterocycles. The maximum atomic E-state index is 13.2. The summed E-state index contributed by atoms with van der Waals surface area (Å²) in [6, 6.07) is 9.76. The van der Waals surface area contributed by atoms with Crippen LogP contribution in [0.3, 0.4) is 0 Å². The molecule has 0 saturated carbocycles. The number of pyridine rings is 1. The fraction of sp³-hybridized carbons (Fsp3) is 0.391. The normalized spacial score (nSPS) is 18.9. The summed E-state index contributed by atoms with van der Waals surface area (Å²) in [6.07, 6.45) is 3.33. The number of carbonyl (C=O) groups excluding carboxylic acids is 1. The zero-order valence-electron chi connectivity index (χ0n) is 17.2. The molecule has 2 aliphatic heterocycles. The molecule has 0 aliphatic carbocycles. The average molecular weight is 404 g/mol. The van der Waals surface area contributed by atoms with E-state index in [9.17, 15) is 4.79 Å². The molecule has 1 unspecified atom stereocenters. The van der Waals surface area contributed by atoms with Crippen LogP contribution in [0.1, 0.15) is 47.3 Å². The Balaban J connectivity index is 1.25. The maximum absolute atomic E-state index is 13.2. The molecule has 2 aliphatic rings. The molecule has 0 N–H and O–H groups in total. The molecule has 0 radical (unpaired) electrons. The molecule has 1 aromatic carbocycles. The number of aromatic nitrogens is 3. The highest BCUT2D eigenvalue weighted by Gasteiger charge is 2.36. The lowest BCUT2D eigenvalue weighted by atomic mass is 9.93. The molecule has 7 heteroatoms. The van der Waals surface area contributed by atoms with E-state index in [2.05, 4.69) is 35.0 Å². The number of hydrogen-bond donors (Lipinski definition) is 0. The summed E-state index contributed by atoms with van der Waals surface area (Å²) in [4.78, 5) is 23.9. The van der Waals surface area contributed by atoms with Crippen molar-refractivity contribution < 1.29 is 14.1 Å². The SMILES string of the molecule is Cc1cc2c(cc1C)C(C(=O)N1CCC(c3nc(-c4ccccn4)no3)CC1)CO2. The molecule has 1 saturated heterocycles. The number of aryl methyl sites for hydroxylation is 2. The number of rotatable bonds is 3. The van der Waals surface area contributed by atoms with Crippen LogP contribution in [0.25, 0.3) is 11.5 Å². The van der Waals surface area contributed by atoms with Gasteiger partial charge in [0, 0.05) is 30.8 Å². The smallest absolute Gasteiger partial charge is 0.233 e. The topological polar surface area (TPSA) is 81.4 Å². The molecule has 0 spiro atoms. The first-order chi connectivity index (χ1) is 14.6. The monoisotopic (exact) mass is 404 g/mol. The van der Waals surface area contributed by atoms with Gasteiger partial charge in [0.1, 0.15) is 24.0 Å². The van der Waals surface area contributed by atoms with Crippen molar-refractivity contribution in [1.29, 1.82) is 0 Å². The van der Waals surface area contributed by atoms with Crippen molar-refractivity contribution in [3.8, 4) is 17.3 Å². The minimum Gasteiger partial charge on any atom is -0.492 e. The summed E-state index contributed by atoms with van der Waals surface area (Å²) in [7, 11) is 0. The second-order valence-electron chi connectivity index (χ2n) is 8.11. The Kier molecular flexibility index (Phi) is 4.73. The first kappa shape index (κ1) is 18.8. The van der Waals surface area contributed by atoms with Crippen LogP contribution in [-0.2, 0) is 4.79 Å². The number of piperidine rings is 1. The zero-order valence-corrected chi connectivity index (χ0v) is 17.2. The molecule has 154 valence electrons.